The molecule has 0 radical (unpaired) electrons. The monoisotopic (exact) mass is 310 g/mol. The van der Waals surface area contributed by atoms with E-state index in [1.807, 2.05) is 40.2 Å². The van der Waals surface area contributed by atoms with Gasteiger partial charge >= 0.3 is 0 Å². The molecule has 2 fully saturated rings. The molecular weight excluding hydrogens is 288 g/mol. The minimum atomic E-state index is 0.178. The van der Waals surface area contributed by atoms with Gasteiger partial charge in [-0.1, -0.05) is 12.1 Å². The van der Waals surface area contributed by atoms with Crippen LogP contribution < -0.4 is 0 Å². The van der Waals surface area contributed by atoms with Gasteiger partial charge in [-0.15, -0.1) is 0 Å². The van der Waals surface area contributed by atoms with Crippen LogP contribution in [0.4, 0.5) is 0 Å². The number of hydrogen-bond acceptors (Lipinski definition) is 3. The molecule has 0 atom stereocenters. The van der Waals surface area contributed by atoms with Crippen molar-refractivity contribution in [3.63, 3.8) is 0 Å². The van der Waals surface area contributed by atoms with E-state index in [9.17, 15) is 4.79 Å². The van der Waals surface area contributed by atoms with Crippen LogP contribution in [0, 0.1) is 0 Å². The smallest absolute Gasteiger partial charge is 0.253 e. The second kappa shape index (κ2) is 6.16. The van der Waals surface area contributed by atoms with E-state index in [0.29, 0.717) is 6.04 Å². The Morgan fingerprint density at radius 3 is 2.52 bits per heavy atom. The number of likely N-dealkylation sites (tertiary alicyclic amines) is 2. The maximum atomic E-state index is 12.3. The average molecular weight is 310 g/mol. The van der Waals surface area contributed by atoms with E-state index in [2.05, 4.69) is 22.1 Å². The van der Waals surface area contributed by atoms with Gasteiger partial charge in [0.1, 0.15) is 0 Å². The third-order valence-corrected chi connectivity index (χ3v) is 4.84. The molecular formula is C18H22N4O. The fourth-order valence-electron chi connectivity index (χ4n) is 3.45. The van der Waals surface area contributed by atoms with Gasteiger partial charge in [-0.25, -0.2) is 0 Å². The van der Waals surface area contributed by atoms with Gasteiger partial charge in [-0.2, -0.15) is 5.10 Å². The summed E-state index contributed by atoms with van der Waals surface area (Å²) in [5, 5.41) is 4.30. The minimum Gasteiger partial charge on any atom is -0.339 e. The Hall–Kier alpha value is -2.14. The summed E-state index contributed by atoms with van der Waals surface area (Å²) < 4.78 is 2.04. The molecule has 0 saturated carbocycles. The molecule has 0 unspecified atom stereocenters. The molecule has 0 aliphatic carbocycles. The van der Waals surface area contributed by atoms with Crippen LogP contribution >= 0.6 is 0 Å². The van der Waals surface area contributed by atoms with Crippen LogP contribution in [0.15, 0.2) is 42.7 Å². The van der Waals surface area contributed by atoms with Crippen LogP contribution in [0.3, 0.4) is 0 Å². The molecule has 0 spiro atoms. The Labute approximate surface area is 136 Å². The van der Waals surface area contributed by atoms with Crippen LogP contribution in [0.5, 0.6) is 0 Å². The molecule has 2 aliphatic heterocycles. The fourth-order valence-corrected chi connectivity index (χ4v) is 3.45. The van der Waals surface area contributed by atoms with E-state index in [4.69, 9.17) is 0 Å². The molecule has 1 amide bonds. The third-order valence-electron chi connectivity index (χ3n) is 4.84. The molecule has 2 aromatic rings. The zero-order valence-electron chi connectivity index (χ0n) is 13.3. The second-order valence-electron chi connectivity index (χ2n) is 6.53. The summed E-state index contributed by atoms with van der Waals surface area (Å²) >= 11 is 0. The van der Waals surface area contributed by atoms with Crippen LogP contribution in [-0.2, 0) is 6.54 Å². The van der Waals surface area contributed by atoms with Gasteiger partial charge in [0.2, 0.25) is 0 Å². The minimum absolute atomic E-state index is 0.178. The van der Waals surface area contributed by atoms with Crippen LogP contribution in [-0.4, -0.2) is 51.7 Å². The lowest BCUT2D eigenvalue weighted by molar-refractivity contribution is 0.0792. The van der Waals surface area contributed by atoms with Crippen molar-refractivity contribution in [3.05, 3.63) is 53.9 Å². The zero-order valence-corrected chi connectivity index (χ0v) is 13.3. The van der Waals surface area contributed by atoms with E-state index in [-0.39, 0.29) is 5.91 Å². The SMILES string of the molecule is O=C(c1ccc(CN2CC(n3cccn3)C2)cc1)N1CCCC1. The Balaban J connectivity index is 1.31. The number of carbonyl (C=O) groups is 1. The zero-order chi connectivity index (χ0) is 15.6. The average Bonchev–Trinajstić information content (AvgIpc) is 3.23. The summed E-state index contributed by atoms with van der Waals surface area (Å²) in [5.41, 5.74) is 2.08. The highest BCUT2D eigenvalue weighted by Gasteiger charge is 2.28. The van der Waals surface area contributed by atoms with Gasteiger partial charge in [0.15, 0.2) is 0 Å². The van der Waals surface area contributed by atoms with Crippen molar-refractivity contribution in [2.24, 2.45) is 0 Å². The standard InChI is InChI=1S/C18H22N4O/c23-18(21-9-1-2-10-21)16-6-4-15(5-7-16)12-20-13-17(14-20)22-11-3-8-19-22/h3-8,11,17H,1-2,9-10,12-14H2. The summed E-state index contributed by atoms with van der Waals surface area (Å²) in [6.07, 6.45) is 6.13. The molecule has 4 rings (SSSR count). The van der Waals surface area contributed by atoms with E-state index >= 15 is 0 Å². The van der Waals surface area contributed by atoms with E-state index in [0.717, 1.165) is 51.1 Å². The first kappa shape index (κ1) is 14.5. The number of hydrogen-bond donors (Lipinski definition) is 0. The predicted molar refractivity (Wildman–Crippen MR) is 88.1 cm³/mol. The fraction of sp³-hybridized carbons (Fsp3) is 0.444. The van der Waals surface area contributed by atoms with Crippen LogP contribution in [0.2, 0.25) is 0 Å². The van der Waals surface area contributed by atoms with Crippen molar-refractivity contribution in [2.45, 2.75) is 25.4 Å². The number of nitrogens with zero attached hydrogens (tertiary/aromatic N) is 4. The van der Waals surface area contributed by atoms with Crippen molar-refractivity contribution in [3.8, 4) is 0 Å². The quantitative estimate of drug-likeness (QED) is 0.869. The first-order chi connectivity index (χ1) is 11.3. The number of carbonyl (C=O) groups excluding carboxylic acids is 1. The highest BCUT2D eigenvalue weighted by atomic mass is 16.2. The van der Waals surface area contributed by atoms with Gasteiger partial charge in [0, 0.05) is 50.7 Å². The van der Waals surface area contributed by atoms with Crippen molar-refractivity contribution in [1.82, 2.24) is 19.6 Å². The van der Waals surface area contributed by atoms with Crippen molar-refractivity contribution >= 4 is 5.91 Å². The molecule has 0 bridgehead atoms. The molecule has 2 aliphatic rings. The highest BCUT2D eigenvalue weighted by molar-refractivity contribution is 5.94. The molecule has 5 heteroatoms. The summed E-state index contributed by atoms with van der Waals surface area (Å²) in [4.78, 5) is 16.7. The first-order valence-corrected chi connectivity index (χ1v) is 8.39. The lowest BCUT2D eigenvalue weighted by atomic mass is 10.1. The largest absolute Gasteiger partial charge is 0.339 e. The first-order valence-electron chi connectivity index (χ1n) is 8.39. The molecule has 5 nitrogen and oxygen atoms in total. The predicted octanol–water partition coefficient (Wildman–Crippen LogP) is 2.18. The topological polar surface area (TPSA) is 41.4 Å². The molecule has 1 aromatic carbocycles. The van der Waals surface area contributed by atoms with Crippen molar-refractivity contribution in [2.75, 3.05) is 26.2 Å². The molecule has 120 valence electrons. The second-order valence-corrected chi connectivity index (χ2v) is 6.53. The Kier molecular flexibility index (Phi) is 3.87. The van der Waals surface area contributed by atoms with Crippen LogP contribution in [0.1, 0.15) is 34.8 Å². The number of amides is 1. The van der Waals surface area contributed by atoms with Gasteiger partial charge in [0.25, 0.3) is 5.91 Å². The van der Waals surface area contributed by atoms with E-state index in [1.165, 1.54) is 5.56 Å². The van der Waals surface area contributed by atoms with E-state index in [1.54, 1.807) is 0 Å². The summed E-state index contributed by atoms with van der Waals surface area (Å²) in [5.74, 6) is 0.178. The highest BCUT2D eigenvalue weighted by Crippen LogP contribution is 2.22. The third kappa shape index (κ3) is 3.01. The summed E-state index contributed by atoms with van der Waals surface area (Å²) in [6.45, 7) is 4.83. The number of benzene rings is 1. The van der Waals surface area contributed by atoms with Crippen LogP contribution in [0.25, 0.3) is 0 Å². The number of rotatable bonds is 4. The molecule has 2 saturated heterocycles. The Bertz CT molecular complexity index is 653. The van der Waals surface area contributed by atoms with Crippen molar-refractivity contribution < 1.29 is 4.79 Å². The Morgan fingerprint density at radius 2 is 1.87 bits per heavy atom. The normalized spacial score (nSPS) is 19.0. The van der Waals surface area contributed by atoms with Gasteiger partial charge in [-0.3, -0.25) is 14.4 Å². The Morgan fingerprint density at radius 1 is 1.13 bits per heavy atom. The van der Waals surface area contributed by atoms with Gasteiger partial charge in [0.05, 0.1) is 6.04 Å². The summed E-state index contributed by atoms with van der Waals surface area (Å²) in [6, 6.07) is 10.6. The number of aromatic nitrogens is 2. The molecule has 3 heterocycles. The lowest BCUT2D eigenvalue weighted by Gasteiger charge is -2.39. The molecule has 23 heavy (non-hydrogen) atoms. The maximum Gasteiger partial charge on any atom is 0.253 e. The van der Waals surface area contributed by atoms with Gasteiger partial charge in [-0.05, 0) is 36.6 Å². The summed E-state index contributed by atoms with van der Waals surface area (Å²) in [7, 11) is 0. The molecule has 1 aromatic heterocycles. The molecule has 0 N–H and O–H groups in total. The van der Waals surface area contributed by atoms with Gasteiger partial charge < -0.3 is 4.90 Å². The lowest BCUT2D eigenvalue weighted by Crippen LogP contribution is -2.47. The van der Waals surface area contributed by atoms with Crippen molar-refractivity contribution in [1.29, 1.82) is 0 Å². The van der Waals surface area contributed by atoms with E-state index < -0.39 is 0 Å². The maximum absolute atomic E-state index is 12.3.